The number of aryl methyl sites for hydroxylation is 1. The largest absolute Gasteiger partial charge is 0.283 e. The molecule has 0 radical (unpaired) electrons. The van der Waals surface area contributed by atoms with E-state index in [1.54, 1.807) is 19.1 Å². The van der Waals surface area contributed by atoms with Crippen molar-refractivity contribution in [2.24, 2.45) is 0 Å². The fourth-order valence-corrected chi connectivity index (χ4v) is 1.03. The van der Waals surface area contributed by atoms with Crippen LogP contribution in [0.1, 0.15) is 11.1 Å². The minimum absolute atomic E-state index is 0.0440. The summed E-state index contributed by atoms with van der Waals surface area (Å²) in [6.45, 7) is 1.79. The molecule has 0 aromatic heterocycles. The predicted molar refractivity (Wildman–Crippen MR) is 44.8 cm³/mol. The molecule has 0 N–H and O–H groups in total. The van der Waals surface area contributed by atoms with Gasteiger partial charge in [-0.25, -0.2) is 0 Å². The molecule has 0 saturated heterocycles. The first-order valence-corrected chi connectivity index (χ1v) is 3.82. The van der Waals surface area contributed by atoms with Crippen LogP contribution in [0.15, 0.2) is 24.3 Å². The van der Waals surface area contributed by atoms with Crippen molar-refractivity contribution in [2.75, 3.05) is 0 Å². The lowest BCUT2D eigenvalue weighted by molar-refractivity contribution is 0.104. The molecule has 0 heterocycles. The molecule has 0 bridgehead atoms. The van der Waals surface area contributed by atoms with E-state index in [4.69, 9.17) is 0 Å². The lowest BCUT2D eigenvalue weighted by atomic mass is 10.1. The van der Waals surface area contributed by atoms with Crippen molar-refractivity contribution in [3.8, 4) is 0 Å². The Labute approximate surface area is 66.8 Å². The number of halogens is 2. The third-order valence-corrected chi connectivity index (χ3v) is 1.74. The quantitative estimate of drug-likeness (QED) is 0.574. The molecule has 0 aliphatic heterocycles. The topological polar surface area (TPSA) is 0 Å². The van der Waals surface area contributed by atoms with Gasteiger partial charge in [0.05, 0.1) is 0 Å². The highest BCUT2D eigenvalue weighted by Crippen LogP contribution is 2.34. The molecule has 0 spiro atoms. The van der Waals surface area contributed by atoms with E-state index in [-0.39, 0.29) is 5.56 Å². The van der Waals surface area contributed by atoms with Crippen LogP contribution in [-0.4, -0.2) is 0 Å². The van der Waals surface area contributed by atoms with Gasteiger partial charge in [-0.05, 0) is 13.0 Å². The molecule has 1 unspecified atom stereocenters. The Hall–Kier alpha value is -0.490. The maximum absolute atomic E-state index is 12.6. The summed E-state index contributed by atoms with van der Waals surface area (Å²) < 4.78 is 25.2. The van der Waals surface area contributed by atoms with Crippen LogP contribution in [0.3, 0.4) is 0 Å². The number of benzene rings is 1. The molecule has 1 aromatic carbocycles. The van der Waals surface area contributed by atoms with E-state index in [2.05, 4.69) is 0 Å². The van der Waals surface area contributed by atoms with Gasteiger partial charge in [-0.15, -0.1) is 0 Å². The highest BCUT2D eigenvalue weighted by atomic mass is 31.0. The third kappa shape index (κ3) is 2.23. The van der Waals surface area contributed by atoms with E-state index in [1.807, 2.05) is 0 Å². The van der Waals surface area contributed by atoms with Gasteiger partial charge in [0.2, 0.25) is 0 Å². The van der Waals surface area contributed by atoms with Gasteiger partial charge >= 0.3 is 0 Å². The zero-order chi connectivity index (χ0) is 8.48. The van der Waals surface area contributed by atoms with E-state index >= 15 is 0 Å². The van der Waals surface area contributed by atoms with Crippen LogP contribution in [-0.2, 0) is 5.66 Å². The standard InChI is InChI=1S/C8H9F2P/c1-6-3-2-4-7(5-6)8(9,10)11/h2-5H,11H2,1H3. The summed E-state index contributed by atoms with van der Waals surface area (Å²) in [5.74, 6) is 0. The maximum atomic E-state index is 12.6. The molecular formula is C8H9F2P. The van der Waals surface area contributed by atoms with Crippen molar-refractivity contribution in [3.63, 3.8) is 0 Å². The van der Waals surface area contributed by atoms with E-state index in [0.29, 0.717) is 0 Å². The summed E-state index contributed by atoms with van der Waals surface area (Å²) >= 11 is 0. The van der Waals surface area contributed by atoms with Crippen LogP contribution in [0.5, 0.6) is 0 Å². The van der Waals surface area contributed by atoms with Gasteiger partial charge in [-0.3, -0.25) is 0 Å². The summed E-state index contributed by atoms with van der Waals surface area (Å²) in [6.07, 6.45) is 0. The van der Waals surface area contributed by atoms with Crippen LogP contribution in [0.25, 0.3) is 0 Å². The molecule has 0 saturated carbocycles. The maximum Gasteiger partial charge on any atom is 0.283 e. The van der Waals surface area contributed by atoms with E-state index in [1.165, 1.54) is 21.4 Å². The molecule has 0 aliphatic carbocycles. The second-order valence-electron chi connectivity index (χ2n) is 2.49. The average Bonchev–Trinajstić information content (AvgIpc) is 1.86. The van der Waals surface area contributed by atoms with Crippen LogP contribution in [0.2, 0.25) is 0 Å². The molecule has 0 amide bonds. The molecule has 3 heteroatoms. The van der Waals surface area contributed by atoms with Crippen LogP contribution in [0.4, 0.5) is 8.78 Å². The number of hydrogen-bond donors (Lipinski definition) is 0. The number of rotatable bonds is 1. The molecule has 0 nitrogen and oxygen atoms in total. The van der Waals surface area contributed by atoms with Gasteiger partial charge in [0.15, 0.2) is 0 Å². The SMILES string of the molecule is Cc1cccc(C(F)(F)P)c1. The van der Waals surface area contributed by atoms with Gasteiger partial charge in [0.25, 0.3) is 5.66 Å². The Morgan fingerprint density at radius 1 is 1.36 bits per heavy atom. The molecule has 60 valence electrons. The Kier molecular flexibility index (Phi) is 2.24. The normalized spacial score (nSPS) is 11.6. The summed E-state index contributed by atoms with van der Waals surface area (Å²) in [7, 11) is 1.52. The first kappa shape index (κ1) is 8.61. The van der Waals surface area contributed by atoms with Gasteiger partial charge in [0.1, 0.15) is 0 Å². The van der Waals surface area contributed by atoms with Crippen LogP contribution >= 0.6 is 9.24 Å². The van der Waals surface area contributed by atoms with Crippen molar-refractivity contribution >= 4 is 9.24 Å². The first-order chi connectivity index (χ1) is 5.00. The summed E-state index contributed by atoms with van der Waals surface area (Å²) in [5, 5.41) is 0. The zero-order valence-corrected chi connectivity index (χ0v) is 7.30. The lowest BCUT2D eigenvalue weighted by Crippen LogP contribution is -2.01. The van der Waals surface area contributed by atoms with Gasteiger partial charge in [0, 0.05) is 5.56 Å². The first-order valence-electron chi connectivity index (χ1n) is 3.24. The zero-order valence-electron chi connectivity index (χ0n) is 6.14. The summed E-state index contributed by atoms with van der Waals surface area (Å²) in [4.78, 5) is 0. The van der Waals surface area contributed by atoms with Crippen molar-refractivity contribution in [2.45, 2.75) is 12.6 Å². The van der Waals surface area contributed by atoms with Gasteiger partial charge < -0.3 is 0 Å². The van der Waals surface area contributed by atoms with E-state index in [9.17, 15) is 8.78 Å². The molecule has 1 rings (SSSR count). The lowest BCUT2D eigenvalue weighted by Gasteiger charge is -2.09. The number of alkyl halides is 2. The molecule has 1 atom stereocenters. The highest BCUT2D eigenvalue weighted by Gasteiger charge is 2.23. The van der Waals surface area contributed by atoms with Gasteiger partial charge in [-0.2, -0.15) is 8.78 Å². The van der Waals surface area contributed by atoms with E-state index in [0.717, 1.165) is 5.56 Å². The highest BCUT2D eigenvalue weighted by molar-refractivity contribution is 7.17. The smallest absolute Gasteiger partial charge is 0.197 e. The van der Waals surface area contributed by atoms with Gasteiger partial charge in [-0.1, -0.05) is 33.0 Å². The van der Waals surface area contributed by atoms with E-state index < -0.39 is 5.66 Å². The van der Waals surface area contributed by atoms with Crippen LogP contribution in [0, 0.1) is 6.92 Å². The Balaban J connectivity index is 3.06. The van der Waals surface area contributed by atoms with Crippen molar-refractivity contribution in [3.05, 3.63) is 35.4 Å². The molecule has 0 fully saturated rings. The average molecular weight is 174 g/mol. The predicted octanol–water partition coefficient (Wildman–Crippen LogP) is 2.92. The summed E-state index contributed by atoms with van der Waals surface area (Å²) in [6, 6.07) is 6.32. The van der Waals surface area contributed by atoms with Crippen LogP contribution < -0.4 is 0 Å². The van der Waals surface area contributed by atoms with Crippen molar-refractivity contribution in [1.29, 1.82) is 0 Å². The minimum atomic E-state index is -2.80. The summed E-state index contributed by atoms with van der Waals surface area (Å²) in [5.41, 5.74) is -1.90. The monoisotopic (exact) mass is 174 g/mol. The Bertz CT molecular complexity index is 253. The molecule has 11 heavy (non-hydrogen) atoms. The Morgan fingerprint density at radius 3 is 2.36 bits per heavy atom. The minimum Gasteiger partial charge on any atom is -0.197 e. The molecule has 1 aromatic rings. The second-order valence-corrected chi connectivity index (χ2v) is 3.22. The van der Waals surface area contributed by atoms with Crippen molar-refractivity contribution < 1.29 is 8.78 Å². The molecular weight excluding hydrogens is 165 g/mol. The molecule has 0 aliphatic rings. The fourth-order valence-electron chi connectivity index (χ4n) is 0.852. The number of hydrogen-bond acceptors (Lipinski definition) is 0. The third-order valence-electron chi connectivity index (χ3n) is 1.40. The van der Waals surface area contributed by atoms with Crippen molar-refractivity contribution in [1.82, 2.24) is 0 Å². The Morgan fingerprint density at radius 2 is 2.00 bits per heavy atom. The second kappa shape index (κ2) is 2.86. The fraction of sp³-hybridized carbons (Fsp3) is 0.250.